The molecule has 0 amide bonds. The fourth-order valence-electron chi connectivity index (χ4n) is 4.96. The van der Waals surface area contributed by atoms with Crippen molar-refractivity contribution in [2.24, 2.45) is 0 Å². The van der Waals surface area contributed by atoms with Crippen molar-refractivity contribution in [2.75, 3.05) is 29.9 Å². The molecular weight excluding hydrogens is 351 g/mol. The largest absolute Gasteiger partial charge is 0.384 e. The Bertz CT molecular complexity index is 876. The molecule has 5 rings (SSSR count). The van der Waals surface area contributed by atoms with Gasteiger partial charge in [-0.15, -0.1) is 0 Å². The predicted octanol–water partition coefficient (Wildman–Crippen LogP) is 4.28. The second kappa shape index (κ2) is 5.81. The minimum absolute atomic E-state index is 0.0466. The molecule has 1 unspecified atom stereocenters. The molecule has 26 heavy (non-hydrogen) atoms. The van der Waals surface area contributed by atoms with E-state index in [0.717, 1.165) is 50.4 Å². The lowest BCUT2D eigenvalue weighted by Crippen LogP contribution is -2.44. The van der Waals surface area contributed by atoms with Crippen LogP contribution in [0.15, 0.2) is 18.5 Å². The first kappa shape index (κ1) is 16.3. The van der Waals surface area contributed by atoms with E-state index in [4.69, 9.17) is 11.6 Å². The molecule has 0 radical (unpaired) electrons. The molecule has 1 spiro atoms. The van der Waals surface area contributed by atoms with Gasteiger partial charge in [-0.2, -0.15) is 0 Å². The van der Waals surface area contributed by atoms with Crippen LogP contribution in [0.25, 0.3) is 0 Å². The number of hydrogen-bond donors (Lipinski definition) is 1. The Morgan fingerprint density at radius 2 is 2.08 bits per heavy atom. The summed E-state index contributed by atoms with van der Waals surface area (Å²) in [6.45, 7) is 5.03. The maximum absolute atomic E-state index is 13.8. The highest BCUT2D eigenvalue weighted by Gasteiger charge is 2.42. The standard InChI is InChI=1S/C20H22ClFN4/c1-12-2-3-16-18(12)19(25-11-24-16)26-6-4-20(5-7-26)10-23-17-9-15(22)14(21)8-13(17)20/h8-9,11-12,23H,2-7,10H2,1H3. The first-order valence-electron chi connectivity index (χ1n) is 9.39. The zero-order chi connectivity index (χ0) is 17.9. The number of aryl methyl sites for hydroxylation is 1. The summed E-state index contributed by atoms with van der Waals surface area (Å²) >= 11 is 6.07. The Morgan fingerprint density at radius 1 is 1.27 bits per heavy atom. The summed E-state index contributed by atoms with van der Waals surface area (Å²) in [5.41, 5.74) is 4.68. The average Bonchev–Trinajstić information content (AvgIpc) is 3.19. The second-order valence-electron chi connectivity index (χ2n) is 7.93. The Labute approximate surface area is 157 Å². The third kappa shape index (κ3) is 2.33. The van der Waals surface area contributed by atoms with Gasteiger partial charge in [-0.3, -0.25) is 0 Å². The lowest BCUT2D eigenvalue weighted by atomic mass is 9.74. The lowest BCUT2D eigenvalue weighted by molar-refractivity contribution is 0.360. The molecular formula is C20H22ClFN4. The van der Waals surface area contributed by atoms with Crippen LogP contribution in [0.3, 0.4) is 0 Å². The van der Waals surface area contributed by atoms with Crippen molar-refractivity contribution in [1.29, 1.82) is 0 Å². The van der Waals surface area contributed by atoms with E-state index in [0.29, 0.717) is 5.92 Å². The molecule has 1 aromatic heterocycles. The molecule has 3 heterocycles. The Kier molecular flexibility index (Phi) is 3.64. The van der Waals surface area contributed by atoms with Gasteiger partial charge < -0.3 is 10.2 Å². The highest BCUT2D eigenvalue weighted by molar-refractivity contribution is 6.31. The summed E-state index contributed by atoms with van der Waals surface area (Å²) in [5, 5.41) is 3.61. The lowest BCUT2D eigenvalue weighted by Gasteiger charge is -2.40. The van der Waals surface area contributed by atoms with Gasteiger partial charge >= 0.3 is 0 Å². The van der Waals surface area contributed by atoms with Crippen LogP contribution in [0.4, 0.5) is 15.9 Å². The highest BCUT2D eigenvalue weighted by atomic mass is 35.5. The number of rotatable bonds is 1. The summed E-state index contributed by atoms with van der Waals surface area (Å²) in [6.07, 6.45) is 5.97. The van der Waals surface area contributed by atoms with Gasteiger partial charge in [0.05, 0.1) is 5.02 Å². The molecule has 0 saturated carbocycles. The van der Waals surface area contributed by atoms with Crippen LogP contribution in [-0.2, 0) is 11.8 Å². The molecule has 1 fully saturated rings. The number of piperidine rings is 1. The summed E-state index contributed by atoms with van der Waals surface area (Å²) in [6, 6.07) is 3.37. The molecule has 1 N–H and O–H groups in total. The van der Waals surface area contributed by atoms with Crippen LogP contribution in [0.1, 0.15) is 48.9 Å². The third-order valence-corrected chi connectivity index (χ3v) is 6.81. The van der Waals surface area contributed by atoms with Crippen LogP contribution in [0.5, 0.6) is 0 Å². The van der Waals surface area contributed by atoms with Gasteiger partial charge in [-0.25, -0.2) is 14.4 Å². The average molecular weight is 373 g/mol. The van der Waals surface area contributed by atoms with Gasteiger partial charge in [0.15, 0.2) is 0 Å². The number of anilines is 2. The monoisotopic (exact) mass is 372 g/mol. The van der Waals surface area contributed by atoms with E-state index in [9.17, 15) is 4.39 Å². The molecule has 3 aliphatic rings. The molecule has 2 aromatic rings. The fraction of sp³-hybridized carbons (Fsp3) is 0.500. The van der Waals surface area contributed by atoms with Crippen molar-refractivity contribution < 1.29 is 4.39 Å². The van der Waals surface area contributed by atoms with Crippen molar-refractivity contribution in [3.8, 4) is 0 Å². The van der Waals surface area contributed by atoms with Crippen LogP contribution < -0.4 is 10.2 Å². The second-order valence-corrected chi connectivity index (χ2v) is 8.34. The van der Waals surface area contributed by atoms with Gasteiger partial charge in [-0.05, 0) is 49.3 Å². The molecule has 1 atom stereocenters. The number of benzene rings is 1. The highest BCUT2D eigenvalue weighted by Crippen LogP contribution is 2.47. The summed E-state index contributed by atoms with van der Waals surface area (Å²) in [5.74, 6) is 1.31. The molecule has 1 aromatic carbocycles. The molecule has 1 aliphatic carbocycles. The summed E-state index contributed by atoms with van der Waals surface area (Å²) in [7, 11) is 0. The molecule has 136 valence electrons. The maximum Gasteiger partial charge on any atom is 0.143 e. The van der Waals surface area contributed by atoms with Crippen molar-refractivity contribution >= 4 is 23.1 Å². The van der Waals surface area contributed by atoms with Crippen molar-refractivity contribution in [1.82, 2.24) is 9.97 Å². The minimum Gasteiger partial charge on any atom is -0.384 e. The zero-order valence-corrected chi connectivity index (χ0v) is 15.6. The molecule has 2 aliphatic heterocycles. The van der Waals surface area contributed by atoms with Gasteiger partial charge in [0, 0.05) is 42.0 Å². The fourth-order valence-corrected chi connectivity index (χ4v) is 5.12. The van der Waals surface area contributed by atoms with Crippen LogP contribution >= 0.6 is 11.6 Å². The first-order chi connectivity index (χ1) is 12.6. The SMILES string of the molecule is CC1CCc2ncnc(N3CCC4(CC3)CNc3cc(F)c(Cl)cc34)c21. The molecule has 6 heteroatoms. The normalized spacial score (nSPS) is 23.0. The van der Waals surface area contributed by atoms with Crippen molar-refractivity contribution in [3.05, 3.63) is 46.1 Å². The molecule has 1 saturated heterocycles. The Balaban J connectivity index is 1.42. The van der Waals surface area contributed by atoms with Gasteiger partial charge in [0.1, 0.15) is 18.0 Å². The van der Waals surface area contributed by atoms with Gasteiger partial charge in [-0.1, -0.05) is 18.5 Å². The van der Waals surface area contributed by atoms with E-state index < -0.39 is 0 Å². The summed E-state index contributed by atoms with van der Waals surface area (Å²) < 4.78 is 13.8. The smallest absolute Gasteiger partial charge is 0.143 e. The Morgan fingerprint density at radius 3 is 2.88 bits per heavy atom. The number of nitrogens with one attached hydrogen (secondary N) is 1. The number of hydrogen-bond acceptors (Lipinski definition) is 4. The maximum atomic E-state index is 13.8. The minimum atomic E-state index is -0.349. The van der Waals surface area contributed by atoms with E-state index in [1.807, 2.05) is 6.07 Å². The summed E-state index contributed by atoms with van der Waals surface area (Å²) in [4.78, 5) is 11.5. The van der Waals surface area contributed by atoms with E-state index in [1.165, 1.54) is 29.3 Å². The number of aromatic nitrogens is 2. The quantitative estimate of drug-likeness (QED) is 0.811. The zero-order valence-electron chi connectivity index (χ0n) is 14.9. The van der Waals surface area contributed by atoms with E-state index in [2.05, 4.69) is 27.1 Å². The number of nitrogens with zero attached hydrogens (tertiary/aromatic N) is 3. The van der Waals surface area contributed by atoms with E-state index in [-0.39, 0.29) is 16.3 Å². The van der Waals surface area contributed by atoms with E-state index >= 15 is 0 Å². The topological polar surface area (TPSA) is 41.1 Å². The number of fused-ring (bicyclic) bond motifs is 3. The van der Waals surface area contributed by atoms with Crippen LogP contribution in [0.2, 0.25) is 5.02 Å². The van der Waals surface area contributed by atoms with Crippen molar-refractivity contribution in [3.63, 3.8) is 0 Å². The molecule has 4 nitrogen and oxygen atoms in total. The van der Waals surface area contributed by atoms with Crippen LogP contribution in [-0.4, -0.2) is 29.6 Å². The van der Waals surface area contributed by atoms with Gasteiger partial charge in [0.2, 0.25) is 0 Å². The van der Waals surface area contributed by atoms with E-state index in [1.54, 1.807) is 6.33 Å². The molecule has 0 bridgehead atoms. The Hall–Kier alpha value is -1.88. The number of halogens is 2. The van der Waals surface area contributed by atoms with Crippen LogP contribution in [0, 0.1) is 5.82 Å². The van der Waals surface area contributed by atoms with Crippen molar-refractivity contribution in [2.45, 2.75) is 43.9 Å². The van der Waals surface area contributed by atoms with Gasteiger partial charge in [0.25, 0.3) is 0 Å². The third-order valence-electron chi connectivity index (χ3n) is 6.52. The predicted molar refractivity (Wildman–Crippen MR) is 102 cm³/mol. The first-order valence-corrected chi connectivity index (χ1v) is 9.77.